The minimum Gasteiger partial charge on any atom is -0.398 e. The molecular formula is C10H14ClNO6S2. The number of rotatable bonds is 6. The molecule has 0 aromatic heterocycles. The van der Waals surface area contributed by atoms with E-state index in [0.717, 1.165) is 12.1 Å². The van der Waals surface area contributed by atoms with Crippen molar-refractivity contribution < 1.29 is 25.2 Å². The monoisotopic (exact) mass is 343 g/mol. The van der Waals surface area contributed by atoms with E-state index in [2.05, 4.69) is 8.37 Å². The van der Waals surface area contributed by atoms with Crippen LogP contribution in [-0.2, 0) is 28.6 Å². The quantitative estimate of drug-likeness (QED) is 0.613. The summed E-state index contributed by atoms with van der Waals surface area (Å²) in [6, 6.07) is 1.85. The summed E-state index contributed by atoms with van der Waals surface area (Å²) in [5, 5.41) is -0.230. The predicted octanol–water partition coefficient (Wildman–Crippen LogP) is 1.37. The molecule has 7 nitrogen and oxygen atoms in total. The molecule has 0 fully saturated rings. The summed E-state index contributed by atoms with van der Waals surface area (Å²) >= 11 is 5.77. The van der Waals surface area contributed by atoms with Crippen LogP contribution in [0.2, 0.25) is 5.02 Å². The van der Waals surface area contributed by atoms with Crippen LogP contribution in [0.3, 0.4) is 0 Å². The lowest BCUT2D eigenvalue weighted by Gasteiger charge is -2.11. The van der Waals surface area contributed by atoms with E-state index < -0.39 is 30.0 Å². The molecule has 0 amide bonds. The normalized spacial score (nSPS) is 12.6. The maximum atomic E-state index is 11.8. The van der Waals surface area contributed by atoms with E-state index in [9.17, 15) is 16.8 Å². The zero-order valence-corrected chi connectivity index (χ0v) is 13.2. The Kier molecular flexibility index (Phi) is 5.39. The summed E-state index contributed by atoms with van der Waals surface area (Å²) in [6.45, 7) is 2.72. The second kappa shape index (κ2) is 6.27. The van der Waals surface area contributed by atoms with Crippen LogP contribution in [0.15, 0.2) is 21.9 Å². The number of halogens is 1. The molecule has 0 unspecified atom stereocenters. The average molecular weight is 344 g/mol. The first kappa shape index (κ1) is 17.2. The summed E-state index contributed by atoms with van der Waals surface area (Å²) < 4.78 is 56.4. The van der Waals surface area contributed by atoms with Crippen LogP contribution in [0.25, 0.3) is 0 Å². The second-order valence-corrected chi connectivity index (χ2v) is 7.12. The van der Waals surface area contributed by atoms with Crippen LogP contribution in [0.4, 0.5) is 5.69 Å². The van der Waals surface area contributed by atoms with Gasteiger partial charge in [-0.25, -0.2) is 0 Å². The van der Waals surface area contributed by atoms with E-state index in [1.54, 1.807) is 0 Å². The van der Waals surface area contributed by atoms with Gasteiger partial charge in [0, 0.05) is 0 Å². The molecule has 0 aliphatic heterocycles. The van der Waals surface area contributed by atoms with Crippen molar-refractivity contribution >= 4 is 37.5 Å². The van der Waals surface area contributed by atoms with Gasteiger partial charge in [-0.3, -0.25) is 8.37 Å². The molecule has 0 atom stereocenters. The van der Waals surface area contributed by atoms with Crippen LogP contribution in [0.1, 0.15) is 13.8 Å². The van der Waals surface area contributed by atoms with Crippen molar-refractivity contribution in [2.45, 2.75) is 23.6 Å². The molecule has 20 heavy (non-hydrogen) atoms. The summed E-state index contributed by atoms with van der Waals surface area (Å²) in [5.74, 6) is 0. The van der Waals surface area contributed by atoms with E-state index in [0.29, 0.717) is 0 Å². The molecule has 2 N–H and O–H groups in total. The van der Waals surface area contributed by atoms with Gasteiger partial charge in [-0.2, -0.15) is 16.8 Å². The zero-order chi connectivity index (χ0) is 15.6. The largest absolute Gasteiger partial charge is 0.398 e. The third-order valence-corrected chi connectivity index (χ3v) is 5.43. The highest BCUT2D eigenvalue weighted by atomic mass is 35.5. The molecule has 10 heteroatoms. The standard InChI is InChI=1S/C10H14ClNO6S2/c1-3-17-19(13,14)9-6-10(8(12)5-7(9)11)20(15,16)18-4-2/h5-6H,3-4,12H2,1-2H3. The number of nitrogens with two attached hydrogens (primary N) is 1. The fourth-order valence-corrected chi connectivity index (χ4v) is 3.97. The average Bonchev–Trinajstić information content (AvgIpc) is 2.27. The lowest BCUT2D eigenvalue weighted by atomic mass is 10.3. The first-order chi connectivity index (χ1) is 9.15. The lowest BCUT2D eigenvalue weighted by molar-refractivity contribution is 0.337. The Labute approximate surface area is 122 Å². The van der Waals surface area contributed by atoms with Crippen molar-refractivity contribution in [1.82, 2.24) is 0 Å². The van der Waals surface area contributed by atoms with Crippen molar-refractivity contribution in [1.29, 1.82) is 0 Å². The number of anilines is 1. The summed E-state index contributed by atoms with van der Waals surface area (Å²) in [4.78, 5) is -0.949. The van der Waals surface area contributed by atoms with Gasteiger partial charge >= 0.3 is 0 Å². The Bertz CT molecular complexity index is 641. The van der Waals surface area contributed by atoms with Gasteiger partial charge in [0.25, 0.3) is 20.2 Å². The lowest BCUT2D eigenvalue weighted by Crippen LogP contribution is -2.12. The first-order valence-electron chi connectivity index (χ1n) is 5.53. The Balaban J connectivity index is 3.53. The van der Waals surface area contributed by atoms with Gasteiger partial charge < -0.3 is 5.73 Å². The second-order valence-electron chi connectivity index (χ2n) is 3.54. The Hall–Kier alpha value is -0.870. The molecule has 0 bridgehead atoms. The van der Waals surface area contributed by atoms with Gasteiger partial charge in [0.2, 0.25) is 0 Å². The van der Waals surface area contributed by atoms with E-state index in [4.69, 9.17) is 17.3 Å². The third-order valence-electron chi connectivity index (χ3n) is 2.15. The molecule has 114 valence electrons. The van der Waals surface area contributed by atoms with Crippen LogP contribution in [0.5, 0.6) is 0 Å². The van der Waals surface area contributed by atoms with Crippen LogP contribution in [-0.4, -0.2) is 30.0 Å². The highest BCUT2D eigenvalue weighted by Crippen LogP contribution is 2.31. The molecule has 1 aromatic rings. The van der Waals surface area contributed by atoms with Crippen molar-refractivity contribution in [3.8, 4) is 0 Å². The van der Waals surface area contributed by atoms with Gasteiger partial charge in [-0.1, -0.05) is 11.6 Å². The summed E-state index contributed by atoms with van der Waals surface area (Å²) in [5.41, 5.74) is 5.34. The van der Waals surface area contributed by atoms with Gasteiger partial charge in [-0.15, -0.1) is 0 Å². The maximum Gasteiger partial charge on any atom is 0.299 e. The van der Waals surface area contributed by atoms with Crippen molar-refractivity contribution in [2.75, 3.05) is 18.9 Å². The molecule has 1 aromatic carbocycles. The minimum absolute atomic E-state index is 0.113. The molecule has 1 rings (SSSR count). The van der Waals surface area contributed by atoms with Crippen LogP contribution >= 0.6 is 11.6 Å². The summed E-state index contributed by atoms with van der Waals surface area (Å²) in [7, 11) is -8.32. The van der Waals surface area contributed by atoms with E-state index in [-0.39, 0.29) is 23.9 Å². The summed E-state index contributed by atoms with van der Waals surface area (Å²) in [6.07, 6.45) is 0. The van der Waals surface area contributed by atoms with E-state index in [1.165, 1.54) is 13.8 Å². The number of benzene rings is 1. The first-order valence-corrected chi connectivity index (χ1v) is 8.73. The topological polar surface area (TPSA) is 113 Å². The van der Waals surface area contributed by atoms with Crippen LogP contribution in [0, 0.1) is 0 Å². The Morgan fingerprint density at radius 3 is 1.90 bits per heavy atom. The molecule has 0 saturated carbocycles. The van der Waals surface area contributed by atoms with Gasteiger partial charge in [-0.05, 0) is 26.0 Å². The van der Waals surface area contributed by atoms with Gasteiger partial charge in [0.05, 0.1) is 23.9 Å². The Morgan fingerprint density at radius 1 is 1.00 bits per heavy atom. The number of nitrogen functional groups attached to an aromatic ring is 1. The molecule has 0 spiro atoms. The smallest absolute Gasteiger partial charge is 0.299 e. The number of hydrogen-bond acceptors (Lipinski definition) is 7. The van der Waals surface area contributed by atoms with Crippen LogP contribution < -0.4 is 5.73 Å². The third kappa shape index (κ3) is 3.61. The molecule has 0 saturated heterocycles. The van der Waals surface area contributed by atoms with Crippen molar-refractivity contribution in [3.63, 3.8) is 0 Å². The SMILES string of the molecule is CCOS(=O)(=O)c1cc(S(=O)(=O)OCC)c(Cl)cc1N. The van der Waals surface area contributed by atoms with Gasteiger partial charge in [0.15, 0.2) is 0 Å². The Morgan fingerprint density at radius 2 is 1.45 bits per heavy atom. The highest BCUT2D eigenvalue weighted by molar-refractivity contribution is 7.87. The fourth-order valence-electron chi connectivity index (χ4n) is 1.40. The molecule has 0 heterocycles. The fraction of sp³-hybridized carbons (Fsp3) is 0.400. The molecule has 0 aliphatic carbocycles. The van der Waals surface area contributed by atoms with E-state index in [1.807, 2.05) is 0 Å². The highest BCUT2D eigenvalue weighted by Gasteiger charge is 2.26. The molecule has 0 radical (unpaired) electrons. The zero-order valence-electron chi connectivity index (χ0n) is 10.8. The maximum absolute atomic E-state index is 11.8. The molecule has 0 aliphatic rings. The predicted molar refractivity (Wildman–Crippen MR) is 73.5 cm³/mol. The van der Waals surface area contributed by atoms with Gasteiger partial charge in [0.1, 0.15) is 9.79 Å². The van der Waals surface area contributed by atoms with Crippen molar-refractivity contribution in [2.24, 2.45) is 0 Å². The number of hydrogen-bond donors (Lipinski definition) is 1. The minimum atomic E-state index is -4.16. The molecular weight excluding hydrogens is 330 g/mol. The van der Waals surface area contributed by atoms with E-state index >= 15 is 0 Å². The van der Waals surface area contributed by atoms with Crippen molar-refractivity contribution in [3.05, 3.63) is 17.2 Å².